The summed E-state index contributed by atoms with van der Waals surface area (Å²) in [6, 6.07) is 10.3. The van der Waals surface area contributed by atoms with E-state index in [-0.39, 0.29) is 17.5 Å². The molecule has 1 fully saturated rings. The standard InChI is InChI=1S/C20H27N3O3S/c1-26-20-7-5-16(6-8-20)13-22(19-9-11-27(24,25)15-19)14-17-12-18-4-2-3-10-23(18)21-17/h5-8,12,19H,2-4,9-11,13-15H2,1H3. The Morgan fingerprint density at radius 1 is 1.22 bits per heavy atom. The molecule has 3 heterocycles. The van der Waals surface area contributed by atoms with Crippen molar-refractivity contribution in [2.45, 2.75) is 51.4 Å². The predicted octanol–water partition coefficient (Wildman–Crippen LogP) is 2.42. The Labute approximate surface area is 161 Å². The van der Waals surface area contributed by atoms with Crippen LogP contribution in [0.4, 0.5) is 0 Å². The molecule has 146 valence electrons. The zero-order chi connectivity index (χ0) is 18.9. The molecule has 27 heavy (non-hydrogen) atoms. The van der Waals surface area contributed by atoms with Crippen molar-refractivity contribution in [2.24, 2.45) is 0 Å². The van der Waals surface area contributed by atoms with Gasteiger partial charge in [-0.1, -0.05) is 12.1 Å². The van der Waals surface area contributed by atoms with E-state index >= 15 is 0 Å². The van der Waals surface area contributed by atoms with Crippen molar-refractivity contribution in [3.63, 3.8) is 0 Å². The van der Waals surface area contributed by atoms with Gasteiger partial charge in [0.1, 0.15) is 5.75 Å². The number of hydrogen-bond acceptors (Lipinski definition) is 5. The van der Waals surface area contributed by atoms with Gasteiger partial charge in [0.2, 0.25) is 0 Å². The number of aromatic nitrogens is 2. The molecule has 1 aromatic heterocycles. The molecule has 0 saturated carbocycles. The topological polar surface area (TPSA) is 64.4 Å². The average Bonchev–Trinajstić information content (AvgIpc) is 3.24. The van der Waals surface area contributed by atoms with Gasteiger partial charge >= 0.3 is 0 Å². The highest BCUT2D eigenvalue weighted by Gasteiger charge is 2.32. The van der Waals surface area contributed by atoms with E-state index in [0.717, 1.165) is 30.0 Å². The maximum Gasteiger partial charge on any atom is 0.151 e. The van der Waals surface area contributed by atoms with Gasteiger partial charge < -0.3 is 4.74 Å². The molecule has 0 N–H and O–H groups in total. The van der Waals surface area contributed by atoms with Crippen LogP contribution in [0.15, 0.2) is 30.3 Å². The summed E-state index contributed by atoms with van der Waals surface area (Å²) in [4.78, 5) is 2.28. The quantitative estimate of drug-likeness (QED) is 0.759. The molecule has 1 saturated heterocycles. The summed E-state index contributed by atoms with van der Waals surface area (Å²) in [7, 11) is -1.27. The number of fused-ring (bicyclic) bond motifs is 1. The number of ether oxygens (including phenoxy) is 1. The lowest BCUT2D eigenvalue weighted by Crippen LogP contribution is -2.35. The van der Waals surface area contributed by atoms with Crippen LogP contribution in [0.2, 0.25) is 0 Å². The normalized spacial score (nSPS) is 21.3. The molecule has 0 spiro atoms. The van der Waals surface area contributed by atoms with E-state index in [4.69, 9.17) is 9.84 Å². The van der Waals surface area contributed by atoms with Gasteiger partial charge in [-0.2, -0.15) is 5.10 Å². The largest absolute Gasteiger partial charge is 0.497 e. The van der Waals surface area contributed by atoms with E-state index < -0.39 is 9.84 Å². The van der Waals surface area contributed by atoms with Gasteiger partial charge in [-0.05, 0) is 49.4 Å². The van der Waals surface area contributed by atoms with Gasteiger partial charge in [0.25, 0.3) is 0 Å². The number of aryl methyl sites for hydroxylation is 2. The highest BCUT2D eigenvalue weighted by molar-refractivity contribution is 7.91. The predicted molar refractivity (Wildman–Crippen MR) is 104 cm³/mol. The molecule has 0 aliphatic carbocycles. The molecule has 2 aliphatic rings. The van der Waals surface area contributed by atoms with E-state index in [1.807, 2.05) is 24.3 Å². The second kappa shape index (κ2) is 7.64. The Morgan fingerprint density at radius 3 is 2.70 bits per heavy atom. The Morgan fingerprint density at radius 2 is 2.04 bits per heavy atom. The van der Waals surface area contributed by atoms with Crippen LogP contribution in [0, 0.1) is 0 Å². The van der Waals surface area contributed by atoms with E-state index in [0.29, 0.717) is 19.5 Å². The van der Waals surface area contributed by atoms with Gasteiger partial charge in [-0.3, -0.25) is 9.58 Å². The Balaban J connectivity index is 1.54. The maximum atomic E-state index is 12.0. The molecule has 0 bridgehead atoms. The van der Waals surface area contributed by atoms with Crippen LogP contribution in [0.1, 0.15) is 36.2 Å². The number of hydrogen-bond donors (Lipinski definition) is 0. The SMILES string of the molecule is COc1ccc(CN(Cc2cc3n(n2)CCCC3)C2CCS(=O)(=O)C2)cc1. The van der Waals surface area contributed by atoms with Crippen LogP contribution in [-0.4, -0.2) is 47.8 Å². The summed E-state index contributed by atoms with van der Waals surface area (Å²) in [5, 5.41) is 4.77. The summed E-state index contributed by atoms with van der Waals surface area (Å²) < 4.78 is 31.4. The van der Waals surface area contributed by atoms with Gasteiger partial charge in [-0.15, -0.1) is 0 Å². The first kappa shape index (κ1) is 18.5. The van der Waals surface area contributed by atoms with Gasteiger partial charge in [0.05, 0.1) is 24.3 Å². The van der Waals surface area contributed by atoms with Crippen molar-refractivity contribution < 1.29 is 13.2 Å². The molecule has 0 radical (unpaired) electrons. The first-order valence-electron chi connectivity index (χ1n) is 9.65. The first-order valence-corrected chi connectivity index (χ1v) is 11.5. The second-order valence-electron chi connectivity index (χ2n) is 7.62. The Bertz CT molecular complexity index is 866. The molecule has 2 aromatic rings. The average molecular weight is 390 g/mol. The van der Waals surface area contributed by atoms with E-state index in [1.165, 1.54) is 18.5 Å². The van der Waals surface area contributed by atoms with Crippen LogP contribution < -0.4 is 4.74 Å². The number of benzene rings is 1. The highest BCUT2D eigenvalue weighted by atomic mass is 32.2. The van der Waals surface area contributed by atoms with Gasteiger partial charge in [-0.25, -0.2) is 8.42 Å². The fourth-order valence-electron chi connectivity index (χ4n) is 4.11. The van der Waals surface area contributed by atoms with Crippen LogP contribution in [-0.2, 0) is 35.9 Å². The Hall–Kier alpha value is -1.86. The van der Waals surface area contributed by atoms with Crippen molar-refractivity contribution in [1.82, 2.24) is 14.7 Å². The zero-order valence-electron chi connectivity index (χ0n) is 15.8. The van der Waals surface area contributed by atoms with Crippen molar-refractivity contribution >= 4 is 9.84 Å². The second-order valence-corrected chi connectivity index (χ2v) is 9.85. The van der Waals surface area contributed by atoms with Crippen LogP contribution in [0.25, 0.3) is 0 Å². The monoisotopic (exact) mass is 389 g/mol. The fourth-order valence-corrected chi connectivity index (χ4v) is 5.87. The third-order valence-electron chi connectivity index (χ3n) is 5.60. The fraction of sp³-hybridized carbons (Fsp3) is 0.550. The Kier molecular flexibility index (Phi) is 5.23. The number of nitrogens with zero attached hydrogens (tertiary/aromatic N) is 3. The molecule has 0 amide bonds. The molecule has 7 heteroatoms. The summed E-state index contributed by atoms with van der Waals surface area (Å²) in [6.07, 6.45) is 4.20. The minimum absolute atomic E-state index is 0.0517. The highest BCUT2D eigenvalue weighted by Crippen LogP contribution is 2.24. The lowest BCUT2D eigenvalue weighted by Gasteiger charge is -2.27. The van der Waals surface area contributed by atoms with Crippen molar-refractivity contribution in [1.29, 1.82) is 0 Å². The molecular formula is C20H27N3O3S. The molecule has 4 rings (SSSR count). The van der Waals surface area contributed by atoms with Crippen LogP contribution >= 0.6 is 0 Å². The van der Waals surface area contributed by atoms with Gasteiger partial charge in [0.15, 0.2) is 9.84 Å². The third kappa shape index (κ3) is 4.35. The molecule has 1 unspecified atom stereocenters. The summed E-state index contributed by atoms with van der Waals surface area (Å²) in [5.74, 6) is 1.36. The molecule has 2 aliphatic heterocycles. The number of methoxy groups -OCH3 is 1. The smallest absolute Gasteiger partial charge is 0.151 e. The van der Waals surface area contributed by atoms with Crippen LogP contribution in [0.5, 0.6) is 5.75 Å². The number of rotatable bonds is 6. The van der Waals surface area contributed by atoms with Gasteiger partial charge in [0, 0.05) is 31.4 Å². The molecular weight excluding hydrogens is 362 g/mol. The first-order chi connectivity index (χ1) is 13.0. The molecule has 6 nitrogen and oxygen atoms in total. The summed E-state index contributed by atoms with van der Waals surface area (Å²) >= 11 is 0. The minimum atomic E-state index is -2.93. The summed E-state index contributed by atoms with van der Waals surface area (Å²) in [5.41, 5.74) is 3.51. The van der Waals surface area contributed by atoms with E-state index in [1.54, 1.807) is 7.11 Å². The van der Waals surface area contributed by atoms with Crippen molar-refractivity contribution in [2.75, 3.05) is 18.6 Å². The molecule has 1 atom stereocenters. The maximum absolute atomic E-state index is 12.0. The van der Waals surface area contributed by atoms with E-state index in [9.17, 15) is 8.42 Å². The van der Waals surface area contributed by atoms with Crippen molar-refractivity contribution in [3.8, 4) is 5.75 Å². The minimum Gasteiger partial charge on any atom is -0.497 e. The lowest BCUT2D eigenvalue weighted by molar-refractivity contribution is 0.191. The third-order valence-corrected chi connectivity index (χ3v) is 7.35. The van der Waals surface area contributed by atoms with E-state index in [2.05, 4.69) is 15.6 Å². The number of sulfone groups is 1. The van der Waals surface area contributed by atoms with Crippen molar-refractivity contribution in [3.05, 3.63) is 47.3 Å². The lowest BCUT2D eigenvalue weighted by atomic mass is 10.1. The van der Waals surface area contributed by atoms with Crippen LogP contribution in [0.3, 0.4) is 0 Å². The molecule has 1 aromatic carbocycles. The zero-order valence-corrected chi connectivity index (χ0v) is 16.6. The summed E-state index contributed by atoms with van der Waals surface area (Å²) in [6.45, 7) is 2.39.